The first-order chi connectivity index (χ1) is 14.1. The molecule has 162 valence electrons. The summed E-state index contributed by atoms with van der Waals surface area (Å²) < 4.78 is 5.37. The molecule has 0 aromatic heterocycles. The Morgan fingerprint density at radius 3 is 2.90 bits per heavy atom. The van der Waals surface area contributed by atoms with Crippen molar-refractivity contribution in [1.82, 2.24) is 15.5 Å². The molecule has 1 fully saturated rings. The molecule has 1 saturated heterocycles. The summed E-state index contributed by atoms with van der Waals surface area (Å²) in [4.78, 5) is 18.5. The summed E-state index contributed by atoms with van der Waals surface area (Å²) in [6, 6.07) is 8.53. The van der Waals surface area contributed by atoms with Crippen LogP contribution in [0.3, 0.4) is 0 Å². The van der Waals surface area contributed by atoms with Crippen LogP contribution in [0, 0.1) is 5.92 Å². The molecule has 2 rings (SSSR count). The lowest BCUT2D eigenvalue weighted by Gasteiger charge is -2.31. The smallest absolute Gasteiger partial charge is 0.221 e. The third kappa shape index (κ3) is 8.83. The number of benzene rings is 1. The number of hydrogen-bond donors (Lipinski definition) is 3. The Labute approximate surface area is 175 Å². The molecule has 1 aromatic carbocycles. The number of primary amides is 1. The zero-order chi connectivity index (χ0) is 20.9. The Bertz CT molecular complexity index is 650. The fourth-order valence-corrected chi connectivity index (χ4v) is 3.55. The maximum Gasteiger partial charge on any atom is 0.221 e. The standard InChI is InChI=1S/C22H37N5O2/c1-3-24-22(25-11-7-13-29-4-2)26-15-18-8-5-9-19(14-18)16-27-12-6-10-20(17-27)21(23)28/h5,8-9,14,20H,3-4,6-7,10-13,15-17H2,1-2H3,(H2,23,28)(H2,24,25,26). The van der Waals surface area contributed by atoms with Crippen LogP contribution in [-0.2, 0) is 22.6 Å². The number of amides is 1. The molecule has 1 heterocycles. The molecule has 7 nitrogen and oxygen atoms in total. The molecule has 7 heteroatoms. The molecule has 0 aliphatic carbocycles. The summed E-state index contributed by atoms with van der Waals surface area (Å²) in [7, 11) is 0. The number of nitrogens with one attached hydrogen (secondary N) is 2. The molecule has 1 atom stereocenters. The average Bonchev–Trinajstić information content (AvgIpc) is 2.72. The predicted octanol–water partition coefficient (Wildman–Crippen LogP) is 1.87. The van der Waals surface area contributed by atoms with Gasteiger partial charge in [-0.1, -0.05) is 24.3 Å². The second kappa shape index (κ2) is 13.2. The molecule has 1 aliphatic rings. The lowest BCUT2D eigenvalue weighted by molar-refractivity contribution is -0.123. The molecule has 1 unspecified atom stereocenters. The monoisotopic (exact) mass is 403 g/mol. The second-order valence-electron chi connectivity index (χ2n) is 7.47. The topological polar surface area (TPSA) is 92.0 Å². The number of carbonyl (C=O) groups is 1. The van der Waals surface area contributed by atoms with Gasteiger partial charge in [-0.15, -0.1) is 0 Å². The number of guanidine groups is 1. The number of ether oxygens (including phenoxy) is 1. The third-order valence-corrected chi connectivity index (χ3v) is 5.03. The van der Waals surface area contributed by atoms with Gasteiger partial charge in [-0.25, -0.2) is 4.99 Å². The lowest BCUT2D eigenvalue weighted by Crippen LogP contribution is -2.40. The van der Waals surface area contributed by atoms with Crippen molar-refractivity contribution in [3.8, 4) is 0 Å². The zero-order valence-electron chi connectivity index (χ0n) is 18.0. The van der Waals surface area contributed by atoms with Crippen molar-refractivity contribution in [3.63, 3.8) is 0 Å². The van der Waals surface area contributed by atoms with E-state index in [4.69, 9.17) is 15.5 Å². The molecule has 0 radical (unpaired) electrons. The normalized spacial score (nSPS) is 17.9. The van der Waals surface area contributed by atoms with Gasteiger partial charge in [0, 0.05) is 39.4 Å². The van der Waals surface area contributed by atoms with Crippen LogP contribution in [0.5, 0.6) is 0 Å². The van der Waals surface area contributed by atoms with Crippen LogP contribution in [0.2, 0.25) is 0 Å². The van der Waals surface area contributed by atoms with E-state index in [0.29, 0.717) is 6.54 Å². The number of rotatable bonds is 11. The maximum atomic E-state index is 11.5. The molecule has 0 saturated carbocycles. The van der Waals surface area contributed by atoms with E-state index in [2.05, 4.69) is 46.7 Å². The first-order valence-corrected chi connectivity index (χ1v) is 10.8. The Morgan fingerprint density at radius 1 is 1.31 bits per heavy atom. The second-order valence-corrected chi connectivity index (χ2v) is 7.47. The highest BCUT2D eigenvalue weighted by atomic mass is 16.5. The fraction of sp³-hybridized carbons (Fsp3) is 0.636. The van der Waals surface area contributed by atoms with Gasteiger partial charge in [0.05, 0.1) is 12.5 Å². The van der Waals surface area contributed by atoms with Gasteiger partial charge in [0.1, 0.15) is 0 Å². The Kier molecular flexibility index (Phi) is 10.5. The zero-order valence-corrected chi connectivity index (χ0v) is 18.0. The van der Waals surface area contributed by atoms with Gasteiger partial charge in [0.15, 0.2) is 5.96 Å². The average molecular weight is 404 g/mol. The summed E-state index contributed by atoms with van der Waals surface area (Å²) in [5, 5.41) is 6.64. The van der Waals surface area contributed by atoms with Crippen molar-refractivity contribution in [2.24, 2.45) is 16.6 Å². The number of aliphatic imine (C=N–C) groups is 1. The summed E-state index contributed by atoms with van der Waals surface area (Å²) in [6.07, 6.45) is 2.89. The van der Waals surface area contributed by atoms with E-state index in [1.165, 1.54) is 11.1 Å². The molecule has 1 amide bonds. The van der Waals surface area contributed by atoms with Gasteiger partial charge < -0.3 is 21.1 Å². The van der Waals surface area contributed by atoms with E-state index < -0.39 is 0 Å². The quantitative estimate of drug-likeness (QED) is 0.298. The van der Waals surface area contributed by atoms with Crippen molar-refractivity contribution in [2.45, 2.75) is 46.2 Å². The summed E-state index contributed by atoms with van der Waals surface area (Å²) in [6.45, 7) is 10.5. The predicted molar refractivity (Wildman–Crippen MR) is 118 cm³/mol. The molecule has 0 spiro atoms. The molecule has 4 N–H and O–H groups in total. The summed E-state index contributed by atoms with van der Waals surface area (Å²) >= 11 is 0. The first-order valence-electron chi connectivity index (χ1n) is 10.8. The fourth-order valence-electron chi connectivity index (χ4n) is 3.55. The van der Waals surface area contributed by atoms with Gasteiger partial charge in [0.2, 0.25) is 5.91 Å². The molecule has 1 aliphatic heterocycles. The van der Waals surface area contributed by atoms with Crippen LogP contribution < -0.4 is 16.4 Å². The van der Waals surface area contributed by atoms with Crippen molar-refractivity contribution < 1.29 is 9.53 Å². The number of nitrogens with two attached hydrogens (primary N) is 1. The maximum absolute atomic E-state index is 11.5. The van der Waals surface area contributed by atoms with Crippen LogP contribution in [0.15, 0.2) is 29.3 Å². The third-order valence-electron chi connectivity index (χ3n) is 5.03. The van der Waals surface area contributed by atoms with Gasteiger partial charge in [-0.05, 0) is 50.8 Å². The minimum Gasteiger partial charge on any atom is -0.382 e. The van der Waals surface area contributed by atoms with E-state index >= 15 is 0 Å². The Morgan fingerprint density at radius 2 is 2.14 bits per heavy atom. The van der Waals surface area contributed by atoms with Crippen LogP contribution in [0.1, 0.15) is 44.2 Å². The first kappa shape index (κ1) is 23.2. The van der Waals surface area contributed by atoms with Crippen LogP contribution >= 0.6 is 0 Å². The molecule has 1 aromatic rings. The van der Waals surface area contributed by atoms with E-state index in [0.717, 1.165) is 71.2 Å². The van der Waals surface area contributed by atoms with Gasteiger partial charge in [0.25, 0.3) is 0 Å². The molecule has 0 bridgehead atoms. The largest absolute Gasteiger partial charge is 0.382 e. The number of hydrogen-bond acceptors (Lipinski definition) is 4. The van der Waals surface area contributed by atoms with Crippen molar-refractivity contribution in [1.29, 1.82) is 0 Å². The van der Waals surface area contributed by atoms with Gasteiger partial charge in [-0.3, -0.25) is 9.69 Å². The summed E-state index contributed by atoms with van der Waals surface area (Å²) in [5.74, 6) is 0.630. The van der Waals surface area contributed by atoms with Crippen molar-refractivity contribution in [2.75, 3.05) is 39.4 Å². The van der Waals surface area contributed by atoms with Crippen molar-refractivity contribution in [3.05, 3.63) is 35.4 Å². The minimum atomic E-state index is -0.178. The van der Waals surface area contributed by atoms with Crippen LogP contribution in [0.25, 0.3) is 0 Å². The Hall–Kier alpha value is -2.12. The number of nitrogens with zero attached hydrogens (tertiary/aromatic N) is 2. The number of carbonyl (C=O) groups excluding carboxylic acids is 1. The number of piperidine rings is 1. The Balaban J connectivity index is 1.88. The highest BCUT2D eigenvalue weighted by Gasteiger charge is 2.23. The van der Waals surface area contributed by atoms with E-state index in [1.54, 1.807) is 0 Å². The van der Waals surface area contributed by atoms with Gasteiger partial charge in [-0.2, -0.15) is 0 Å². The van der Waals surface area contributed by atoms with Gasteiger partial charge >= 0.3 is 0 Å². The van der Waals surface area contributed by atoms with Crippen LogP contribution in [-0.4, -0.2) is 56.2 Å². The minimum absolute atomic E-state index is 0.0204. The molecule has 29 heavy (non-hydrogen) atoms. The SMILES string of the molecule is CCNC(=NCc1cccc(CN2CCCC(C(N)=O)C2)c1)NCCCOCC. The highest BCUT2D eigenvalue weighted by Crippen LogP contribution is 2.19. The van der Waals surface area contributed by atoms with Crippen LogP contribution in [0.4, 0.5) is 0 Å². The number of likely N-dealkylation sites (tertiary alicyclic amines) is 1. The van der Waals surface area contributed by atoms with E-state index in [9.17, 15) is 4.79 Å². The lowest BCUT2D eigenvalue weighted by atomic mass is 9.97. The van der Waals surface area contributed by atoms with E-state index in [1.807, 2.05) is 6.92 Å². The highest BCUT2D eigenvalue weighted by molar-refractivity contribution is 5.79. The van der Waals surface area contributed by atoms with E-state index in [-0.39, 0.29) is 11.8 Å². The van der Waals surface area contributed by atoms with Crippen molar-refractivity contribution >= 4 is 11.9 Å². The molecular weight excluding hydrogens is 366 g/mol. The molecular formula is C22H37N5O2. The summed E-state index contributed by atoms with van der Waals surface area (Å²) in [5.41, 5.74) is 7.92.